The monoisotopic (exact) mass is 395 g/mol. The Hall–Kier alpha value is -2.28. The third kappa shape index (κ3) is 17.1. The molecular formula is C21H37N3O4. The van der Waals surface area contributed by atoms with Crippen molar-refractivity contribution in [2.75, 3.05) is 19.6 Å². The van der Waals surface area contributed by atoms with Crippen LogP contribution < -0.4 is 16.4 Å². The number of amides is 2. The van der Waals surface area contributed by atoms with E-state index in [4.69, 9.17) is 10.5 Å². The van der Waals surface area contributed by atoms with Gasteiger partial charge >= 0.3 is 6.09 Å². The lowest BCUT2D eigenvalue weighted by molar-refractivity contribution is -0.109. The number of hydrogen-bond donors (Lipinski definition) is 4. The molecule has 0 unspecified atom stereocenters. The number of carbonyl (C=O) groups excluding carboxylic acids is 2. The van der Waals surface area contributed by atoms with Crippen molar-refractivity contribution < 1.29 is 19.4 Å². The summed E-state index contributed by atoms with van der Waals surface area (Å²) in [5.41, 5.74) is 5.91. The van der Waals surface area contributed by atoms with Crippen molar-refractivity contribution in [2.24, 2.45) is 5.73 Å². The van der Waals surface area contributed by atoms with Crippen molar-refractivity contribution in [1.82, 2.24) is 10.6 Å². The highest BCUT2D eigenvalue weighted by Gasteiger charge is 2.15. The van der Waals surface area contributed by atoms with Crippen molar-refractivity contribution in [2.45, 2.75) is 64.9 Å². The fourth-order valence-electron chi connectivity index (χ4n) is 2.28. The topological polar surface area (TPSA) is 114 Å². The number of benzene rings is 1. The van der Waals surface area contributed by atoms with Crippen molar-refractivity contribution in [1.29, 1.82) is 0 Å². The summed E-state index contributed by atoms with van der Waals surface area (Å²) in [6, 6.07) is 7.25. The van der Waals surface area contributed by atoms with Gasteiger partial charge in [0.05, 0.1) is 0 Å². The number of phenolic OH excluding ortho intramolecular Hbond substituents is 1. The highest BCUT2D eigenvalue weighted by molar-refractivity contribution is 5.67. The average molecular weight is 396 g/mol. The number of rotatable bonds is 11. The van der Waals surface area contributed by atoms with Gasteiger partial charge in [0, 0.05) is 13.1 Å². The number of unbranched alkanes of at least 4 members (excludes halogenated alkanes) is 3. The van der Waals surface area contributed by atoms with E-state index in [1.54, 1.807) is 12.1 Å². The van der Waals surface area contributed by atoms with E-state index in [9.17, 15) is 14.7 Å². The van der Waals surface area contributed by atoms with Gasteiger partial charge in [-0.15, -0.1) is 0 Å². The molecule has 0 radical (unpaired) electrons. The molecule has 0 spiro atoms. The number of alkyl carbamates (subject to hydrolysis) is 1. The number of aryl methyl sites for hydroxylation is 1. The van der Waals surface area contributed by atoms with Gasteiger partial charge in [0.15, 0.2) is 0 Å². The van der Waals surface area contributed by atoms with Crippen molar-refractivity contribution in [3.8, 4) is 5.75 Å². The number of nitrogens with two attached hydrogens (primary N) is 1. The van der Waals surface area contributed by atoms with Crippen molar-refractivity contribution >= 4 is 12.5 Å². The quantitative estimate of drug-likeness (QED) is 0.340. The van der Waals surface area contributed by atoms with Gasteiger partial charge in [-0.25, -0.2) is 4.79 Å². The maximum Gasteiger partial charge on any atom is 0.407 e. The maximum atomic E-state index is 11.4. The summed E-state index contributed by atoms with van der Waals surface area (Å²) in [5.74, 6) is 0.296. The molecule has 1 aromatic rings. The van der Waals surface area contributed by atoms with Gasteiger partial charge in [-0.2, -0.15) is 0 Å². The first kappa shape index (κ1) is 25.7. The third-order valence-electron chi connectivity index (χ3n) is 3.58. The molecule has 0 aromatic heterocycles. The highest BCUT2D eigenvalue weighted by Crippen LogP contribution is 2.13. The van der Waals surface area contributed by atoms with E-state index in [-0.39, 0.29) is 6.09 Å². The van der Waals surface area contributed by atoms with Gasteiger partial charge in [0.1, 0.15) is 11.4 Å². The van der Waals surface area contributed by atoms with Crippen LogP contribution in [0.25, 0.3) is 0 Å². The largest absolute Gasteiger partial charge is 0.508 e. The van der Waals surface area contributed by atoms with Crippen LogP contribution in [0.5, 0.6) is 5.75 Å². The lowest BCUT2D eigenvalue weighted by Gasteiger charge is -2.19. The third-order valence-corrected chi connectivity index (χ3v) is 3.58. The van der Waals surface area contributed by atoms with E-state index >= 15 is 0 Å². The number of ether oxygens (including phenoxy) is 1. The van der Waals surface area contributed by atoms with Crippen LogP contribution in [0.1, 0.15) is 58.4 Å². The van der Waals surface area contributed by atoms with Gasteiger partial charge < -0.3 is 26.2 Å². The van der Waals surface area contributed by atoms with Gasteiger partial charge in [-0.1, -0.05) is 18.6 Å². The molecule has 1 aromatic carbocycles. The Morgan fingerprint density at radius 2 is 1.86 bits per heavy atom. The minimum atomic E-state index is -0.453. The number of nitrogens with one attached hydrogen (secondary N) is 2. The van der Waals surface area contributed by atoms with Crippen LogP contribution in [0.3, 0.4) is 0 Å². The zero-order valence-electron chi connectivity index (χ0n) is 17.5. The smallest absolute Gasteiger partial charge is 0.407 e. The lowest BCUT2D eigenvalue weighted by Crippen LogP contribution is -2.33. The van der Waals surface area contributed by atoms with Crippen LogP contribution >= 0.6 is 0 Å². The molecule has 2 amide bonds. The molecule has 1 rings (SSSR count). The molecule has 0 aliphatic carbocycles. The molecule has 0 fully saturated rings. The average Bonchev–Trinajstić information content (AvgIpc) is 2.60. The van der Waals surface area contributed by atoms with Crippen LogP contribution in [0.15, 0.2) is 24.3 Å². The fraction of sp³-hybridized carbons (Fsp3) is 0.619. The summed E-state index contributed by atoms with van der Waals surface area (Å²) < 4.78 is 5.14. The molecule has 0 aliphatic rings. The molecule has 7 heteroatoms. The molecule has 0 saturated heterocycles. The molecule has 160 valence electrons. The Balaban J connectivity index is 0.000000684. The summed E-state index contributed by atoms with van der Waals surface area (Å²) in [6.45, 7) is 7.66. The Bertz CT molecular complexity index is 545. The van der Waals surface area contributed by atoms with Crippen LogP contribution in [0.4, 0.5) is 4.79 Å². The maximum absolute atomic E-state index is 11.4. The normalized spacial score (nSPS) is 10.4. The molecule has 0 saturated carbocycles. The van der Waals surface area contributed by atoms with Gasteiger partial charge in [-0.05, 0) is 77.1 Å². The van der Waals surface area contributed by atoms with E-state index in [1.165, 1.54) is 0 Å². The first-order valence-corrected chi connectivity index (χ1v) is 9.90. The molecule has 5 N–H and O–H groups in total. The van der Waals surface area contributed by atoms with Crippen molar-refractivity contribution in [3.63, 3.8) is 0 Å². The first-order valence-electron chi connectivity index (χ1n) is 9.90. The van der Waals surface area contributed by atoms with E-state index < -0.39 is 5.60 Å². The second kappa shape index (κ2) is 15.7. The first-order chi connectivity index (χ1) is 13.3. The molecule has 0 aliphatic heterocycles. The van der Waals surface area contributed by atoms with Gasteiger partial charge in [0.2, 0.25) is 6.41 Å². The van der Waals surface area contributed by atoms with Gasteiger partial charge in [-0.3, -0.25) is 4.79 Å². The van der Waals surface area contributed by atoms with Crippen LogP contribution in [-0.2, 0) is 16.0 Å². The summed E-state index contributed by atoms with van der Waals surface area (Å²) >= 11 is 0. The summed E-state index contributed by atoms with van der Waals surface area (Å²) in [7, 11) is 0. The summed E-state index contributed by atoms with van der Waals surface area (Å²) in [4.78, 5) is 21.1. The minimum Gasteiger partial charge on any atom is -0.508 e. The molecule has 7 nitrogen and oxygen atoms in total. The van der Waals surface area contributed by atoms with Crippen LogP contribution in [-0.4, -0.2) is 42.8 Å². The number of carbonyl (C=O) groups is 2. The lowest BCUT2D eigenvalue weighted by atomic mass is 10.1. The van der Waals surface area contributed by atoms with Crippen molar-refractivity contribution in [3.05, 3.63) is 29.8 Å². The van der Waals surface area contributed by atoms with Crippen LogP contribution in [0, 0.1) is 0 Å². The fourth-order valence-corrected chi connectivity index (χ4v) is 2.28. The number of hydrogen-bond acceptors (Lipinski definition) is 5. The molecule has 0 heterocycles. The van der Waals surface area contributed by atoms with E-state index in [0.717, 1.165) is 63.6 Å². The number of phenols is 1. The van der Waals surface area contributed by atoms with E-state index in [2.05, 4.69) is 10.6 Å². The predicted molar refractivity (Wildman–Crippen MR) is 112 cm³/mol. The zero-order chi connectivity index (χ0) is 21.3. The number of aromatic hydroxyl groups is 1. The zero-order valence-corrected chi connectivity index (χ0v) is 17.5. The summed E-state index contributed by atoms with van der Waals surface area (Å²) in [6.07, 6.45) is 6.29. The minimum absolute atomic E-state index is 0.296. The SMILES string of the molecule is CC(C)(C)OC(=O)NCCCCc1cccc(O)c1.NCCCCCNC=O. The predicted octanol–water partition coefficient (Wildman–Crippen LogP) is 3.10. The van der Waals surface area contributed by atoms with Gasteiger partial charge in [0.25, 0.3) is 0 Å². The highest BCUT2D eigenvalue weighted by atomic mass is 16.6. The molecule has 28 heavy (non-hydrogen) atoms. The Morgan fingerprint density at radius 1 is 1.14 bits per heavy atom. The standard InChI is InChI=1S/C15H23NO3.C6H14N2O/c1-15(2,3)19-14(18)16-10-5-4-7-12-8-6-9-13(17)11-12;7-4-2-1-3-5-8-6-9/h6,8-9,11,17H,4-5,7,10H2,1-3H3,(H,16,18);6H,1-5,7H2,(H,8,9). The Kier molecular flexibility index (Phi) is 14.5. The Labute approximate surface area is 169 Å². The van der Waals surface area contributed by atoms with Crippen LogP contribution in [0.2, 0.25) is 0 Å². The second-order valence-electron chi connectivity index (χ2n) is 7.48. The second-order valence-corrected chi connectivity index (χ2v) is 7.48. The molecular weight excluding hydrogens is 358 g/mol. The Morgan fingerprint density at radius 3 is 2.46 bits per heavy atom. The molecule has 0 atom stereocenters. The summed E-state index contributed by atoms with van der Waals surface area (Å²) in [5, 5.41) is 14.6. The van der Waals surface area contributed by atoms with E-state index in [0.29, 0.717) is 12.3 Å². The van der Waals surface area contributed by atoms with E-state index in [1.807, 2.05) is 32.9 Å². The molecule has 0 bridgehead atoms.